The van der Waals surface area contributed by atoms with Crippen molar-refractivity contribution in [3.8, 4) is 11.5 Å². The standard InChI is InChI=1S/C25H23ClF3N5O3/c26-20-11-17(4-5-22(20)37-18-3-1-2-16(10-18)12-25(27,28)29)33-24-19-13-34(9-7-30-23(36)14-35)8-6-21(19)31-15-32-24/h1-6,8,10-11,15,35H,7,9,12-14H2,(H,30,36)(H,31,32,33). The second-order valence-electron chi connectivity index (χ2n) is 8.19. The summed E-state index contributed by atoms with van der Waals surface area (Å²) < 4.78 is 43.8. The first-order chi connectivity index (χ1) is 17.7. The normalized spacial score (nSPS) is 12.7. The Kier molecular flexibility index (Phi) is 8.14. The number of nitrogens with zero attached hydrogens (tertiary/aromatic N) is 3. The number of carbonyl (C=O) groups is 1. The second-order valence-corrected chi connectivity index (χ2v) is 8.60. The van der Waals surface area contributed by atoms with E-state index >= 15 is 0 Å². The molecule has 1 aliphatic heterocycles. The molecular formula is C25H23ClF3N5O3. The Morgan fingerprint density at radius 2 is 2.03 bits per heavy atom. The summed E-state index contributed by atoms with van der Waals surface area (Å²) in [7, 11) is 0. The lowest BCUT2D eigenvalue weighted by Gasteiger charge is -2.26. The number of hydrogen-bond acceptors (Lipinski definition) is 7. The number of benzene rings is 2. The zero-order chi connectivity index (χ0) is 26.4. The summed E-state index contributed by atoms with van der Waals surface area (Å²) in [6.07, 6.45) is -0.205. The van der Waals surface area contributed by atoms with E-state index in [1.54, 1.807) is 24.3 Å². The molecule has 0 bridgehead atoms. The summed E-state index contributed by atoms with van der Waals surface area (Å²) >= 11 is 6.40. The Hall–Kier alpha value is -3.83. The number of anilines is 2. The van der Waals surface area contributed by atoms with E-state index in [1.807, 2.05) is 17.2 Å². The molecule has 37 heavy (non-hydrogen) atoms. The van der Waals surface area contributed by atoms with Gasteiger partial charge in [-0.3, -0.25) is 4.79 Å². The number of aliphatic hydroxyl groups excluding tert-OH is 1. The van der Waals surface area contributed by atoms with E-state index in [9.17, 15) is 18.0 Å². The van der Waals surface area contributed by atoms with E-state index in [4.69, 9.17) is 21.4 Å². The maximum atomic E-state index is 12.7. The van der Waals surface area contributed by atoms with Crippen molar-refractivity contribution in [1.82, 2.24) is 20.2 Å². The van der Waals surface area contributed by atoms with Gasteiger partial charge in [0.25, 0.3) is 0 Å². The van der Waals surface area contributed by atoms with Crippen LogP contribution in [0.15, 0.2) is 55.0 Å². The van der Waals surface area contributed by atoms with Crippen LogP contribution in [-0.4, -0.2) is 51.8 Å². The highest BCUT2D eigenvalue weighted by molar-refractivity contribution is 6.32. The van der Waals surface area contributed by atoms with Gasteiger partial charge >= 0.3 is 6.18 Å². The van der Waals surface area contributed by atoms with Crippen molar-refractivity contribution in [2.45, 2.75) is 19.1 Å². The number of amides is 1. The summed E-state index contributed by atoms with van der Waals surface area (Å²) in [6, 6.07) is 10.7. The fourth-order valence-corrected chi connectivity index (χ4v) is 3.91. The highest BCUT2D eigenvalue weighted by Crippen LogP contribution is 2.34. The average molecular weight is 534 g/mol. The molecule has 0 fully saturated rings. The SMILES string of the molecule is O=C(CO)NCCN1C=Cc2ncnc(Nc3ccc(Oc4cccc(CC(F)(F)F)c4)c(Cl)c3)c2C1. The number of rotatable bonds is 9. The Bertz CT molecular complexity index is 1300. The van der Waals surface area contributed by atoms with Gasteiger partial charge < -0.3 is 25.4 Å². The minimum absolute atomic E-state index is 0.0896. The van der Waals surface area contributed by atoms with Gasteiger partial charge in [-0.15, -0.1) is 0 Å². The number of ether oxygens (including phenoxy) is 1. The van der Waals surface area contributed by atoms with E-state index in [0.717, 1.165) is 11.3 Å². The third-order valence-corrected chi connectivity index (χ3v) is 5.67. The maximum absolute atomic E-state index is 12.7. The van der Waals surface area contributed by atoms with E-state index in [0.29, 0.717) is 36.9 Å². The number of nitrogens with one attached hydrogen (secondary N) is 2. The smallest absolute Gasteiger partial charge is 0.393 e. The highest BCUT2D eigenvalue weighted by atomic mass is 35.5. The molecule has 2 heterocycles. The molecule has 4 rings (SSSR count). The molecule has 0 atom stereocenters. The Morgan fingerprint density at radius 1 is 1.19 bits per heavy atom. The van der Waals surface area contributed by atoms with Gasteiger partial charge in [-0.05, 0) is 42.0 Å². The van der Waals surface area contributed by atoms with Crippen LogP contribution in [0.1, 0.15) is 16.8 Å². The fourth-order valence-electron chi connectivity index (χ4n) is 3.69. The van der Waals surface area contributed by atoms with Crippen LogP contribution in [0.3, 0.4) is 0 Å². The zero-order valence-electron chi connectivity index (χ0n) is 19.4. The quantitative estimate of drug-likeness (QED) is 0.368. The van der Waals surface area contributed by atoms with E-state index < -0.39 is 25.1 Å². The topological polar surface area (TPSA) is 99.6 Å². The lowest BCUT2D eigenvalue weighted by Crippen LogP contribution is -2.34. The molecule has 0 saturated carbocycles. The number of alkyl halides is 3. The number of fused-ring (bicyclic) bond motifs is 1. The van der Waals surface area contributed by atoms with Crippen LogP contribution in [0, 0.1) is 0 Å². The van der Waals surface area contributed by atoms with Crippen molar-refractivity contribution in [2.24, 2.45) is 0 Å². The first kappa shape index (κ1) is 26.2. The van der Waals surface area contributed by atoms with Crippen LogP contribution < -0.4 is 15.4 Å². The van der Waals surface area contributed by atoms with Crippen LogP contribution in [0.25, 0.3) is 6.08 Å². The number of aliphatic hydroxyl groups is 1. The Balaban J connectivity index is 1.44. The molecule has 8 nitrogen and oxygen atoms in total. The highest BCUT2D eigenvalue weighted by Gasteiger charge is 2.27. The molecule has 1 amide bonds. The van der Waals surface area contributed by atoms with Crippen molar-refractivity contribution >= 4 is 35.1 Å². The van der Waals surface area contributed by atoms with Crippen LogP contribution in [-0.2, 0) is 17.8 Å². The van der Waals surface area contributed by atoms with Crippen molar-refractivity contribution in [2.75, 3.05) is 25.0 Å². The number of carbonyl (C=O) groups excluding carboxylic acids is 1. The number of halogens is 4. The third-order valence-electron chi connectivity index (χ3n) is 5.37. The first-order valence-corrected chi connectivity index (χ1v) is 11.6. The van der Waals surface area contributed by atoms with E-state index in [2.05, 4.69) is 20.6 Å². The van der Waals surface area contributed by atoms with Crippen LogP contribution in [0.2, 0.25) is 5.02 Å². The third kappa shape index (κ3) is 7.34. The first-order valence-electron chi connectivity index (χ1n) is 11.2. The molecule has 0 aliphatic carbocycles. The van der Waals surface area contributed by atoms with Crippen molar-refractivity contribution < 1.29 is 27.8 Å². The molecular weight excluding hydrogens is 511 g/mol. The van der Waals surface area contributed by atoms with E-state index in [-0.39, 0.29) is 16.3 Å². The van der Waals surface area contributed by atoms with Gasteiger partial charge in [-0.1, -0.05) is 23.7 Å². The molecule has 2 aromatic carbocycles. The molecule has 1 aliphatic rings. The number of aromatic nitrogens is 2. The molecule has 0 spiro atoms. The minimum atomic E-state index is -4.31. The molecule has 0 unspecified atom stereocenters. The summed E-state index contributed by atoms with van der Waals surface area (Å²) in [5.41, 5.74) is 2.31. The molecule has 0 saturated heterocycles. The lowest BCUT2D eigenvalue weighted by molar-refractivity contribution is -0.127. The Labute approximate surface area is 215 Å². The average Bonchev–Trinajstić information content (AvgIpc) is 2.85. The number of hydrogen-bond donors (Lipinski definition) is 3. The van der Waals surface area contributed by atoms with Crippen molar-refractivity contribution in [1.29, 1.82) is 0 Å². The minimum Gasteiger partial charge on any atom is -0.456 e. The molecule has 0 radical (unpaired) electrons. The molecule has 3 N–H and O–H groups in total. The van der Waals surface area contributed by atoms with Gasteiger partial charge in [-0.2, -0.15) is 13.2 Å². The van der Waals surface area contributed by atoms with Gasteiger partial charge in [0.1, 0.15) is 30.3 Å². The zero-order valence-corrected chi connectivity index (χ0v) is 20.2. The molecule has 12 heteroatoms. The van der Waals surface area contributed by atoms with Gasteiger partial charge in [0.15, 0.2) is 0 Å². The predicted molar refractivity (Wildman–Crippen MR) is 133 cm³/mol. The van der Waals surface area contributed by atoms with Crippen LogP contribution in [0.5, 0.6) is 11.5 Å². The van der Waals surface area contributed by atoms with E-state index in [1.165, 1.54) is 24.5 Å². The fraction of sp³-hybridized carbons (Fsp3) is 0.240. The molecule has 3 aromatic rings. The van der Waals surface area contributed by atoms with Gasteiger partial charge in [0.05, 0.1) is 17.1 Å². The summed E-state index contributed by atoms with van der Waals surface area (Å²) in [5, 5.41) is 14.9. The second kappa shape index (κ2) is 11.5. The molecule has 1 aromatic heterocycles. The van der Waals surface area contributed by atoms with Gasteiger partial charge in [-0.25, -0.2) is 9.97 Å². The van der Waals surface area contributed by atoms with Gasteiger partial charge in [0, 0.05) is 37.1 Å². The van der Waals surface area contributed by atoms with Crippen LogP contribution >= 0.6 is 11.6 Å². The Morgan fingerprint density at radius 3 is 2.78 bits per heavy atom. The monoisotopic (exact) mass is 533 g/mol. The summed E-state index contributed by atoms with van der Waals surface area (Å²) in [4.78, 5) is 21.9. The molecule has 194 valence electrons. The lowest BCUT2D eigenvalue weighted by atomic mass is 10.1. The van der Waals surface area contributed by atoms with Crippen molar-refractivity contribution in [3.63, 3.8) is 0 Å². The summed E-state index contributed by atoms with van der Waals surface area (Å²) in [5.74, 6) is 0.671. The van der Waals surface area contributed by atoms with Gasteiger partial charge in [0.2, 0.25) is 5.91 Å². The van der Waals surface area contributed by atoms with Crippen LogP contribution in [0.4, 0.5) is 24.7 Å². The maximum Gasteiger partial charge on any atom is 0.393 e. The predicted octanol–water partition coefficient (Wildman–Crippen LogP) is 4.67. The van der Waals surface area contributed by atoms with Crippen molar-refractivity contribution in [3.05, 3.63) is 76.8 Å². The largest absolute Gasteiger partial charge is 0.456 e. The summed E-state index contributed by atoms with van der Waals surface area (Å²) in [6.45, 7) is 0.828.